The molecule has 0 aromatic heterocycles. The molecule has 1 fully saturated rings. The summed E-state index contributed by atoms with van der Waals surface area (Å²) in [5.74, 6) is 0.422. The van der Waals surface area contributed by atoms with Crippen molar-refractivity contribution in [3.63, 3.8) is 0 Å². The Kier molecular flexibility index (Phi) is 2.68. The van der Waals surface area contributed by atoms with Gasteiger partial charge in [0.25, 0.3) is 0 Å². The van der Waals surface area contributed by atoms with E-state index in [2.05, 4.69) is 4.74 Å². The summed E-state index contributed by atoms with van der Waals surface area (Å²) in [5.41, 5.74) is 0. The number of carbonyl (C=O) groups excluding carboxylic acids is 1. The molecule has 0 spiro atoms. The van der Waals surface area contributed by atoms with Crippen LogP contribution in [0.3, 0.4) is 0 Å². The molecule has 0 aromatic rings. The van der Waals surface area contributed by atoms with E-state index >= 15 is 0 Å². The lowest BCUT2D eigenvalue weighted by molar-refractivity contribution is -0.146. The summed E-state index contributed by atoms with van der Waals surface area (Å²) in [5, 5.41) is 0. The average molecular weight is 144 g/mol. The second kappa shape index (κ2) is 3.56. The van der Waals surface area contributed by atoms with E-state index < -0.39 is 0 Å². The van der Waals surface area contributed by atoms with E-state index in [1.54, 1.807) is 0 Å². The first kappa shape index (κ1) is 7.54. The fourth-order valence-corrected chi connectivity index (χ4v) is 0.652. The first-order valence-electron chi connectivity index (χ1n) is 3.47. The van der Waals surface area contributed by atoms with Crippen molar-refractivity contribution in [3.8, 4) is 0 Å². The second-order valence-corrected chi connectivity index (χ2v) is 2.53. The second-order valence-electron chi connectivity index (χ2n) is 2.53. The van der Waals surface area contributed by atoms with Gasteiger partial charge in [-0.25, -0.2) is 4.79 Å². The first-order valence-corrected chi connectivity index (χ1v) is 3.47. The highest BCUT2D eigenvalue weighted by Gasteiger charge is 2.21. The van der Waals surface area contributed by atoms with E-state index in [9.17, 15) is 4.79 Å². The van der Waals surface area contributed by atoms with Crippen molar-refractivity contribution >= 4 is 5.97 Å². The van der Waals surface area contributed by atoms with Crippen LogP contribution < -0.4 is 0 Å². The molecule has 1 rings (SSSR count). The maximum absolute atomic E-state index is 10.5. The highest BCUT2D eigenvalue weighted by atomic mass is 16.6. The summed E-state index contributed by atoms with van der Waals surface area (Å²) >= 11 is 0. The Labute approximate surface area is 60.3 Å². The summed E-state index contributed by atoms with van der Waals surface area (Å²) in [6, 6.07) is 0. The van der Waals surface area contributed by atoms with E-state index in [1.807, 2.05) is 0 Å². The molecule has 0 aromatic carbocycles. The zero-order valence-electron chi connectivity index (χ0n) is 6.13. The van der Waals surface area contributed by atoms with E-state index in [0.717, 1.165) is 6.61 Å². The minimum Gasteiger partial charge on any atom is -0.467 e. The average Bonchev–Trinajstić information content (AvgIpc) is 2.71. The van der Waals surface area contributed by atoms with Gasteiger partial charge in [0, 0.05) is 0 Å². The van der Waals surface area contributed by atoms with Gasteiger partial charge in [-0.2, -0.15) is 0 Å². The quantitative estimate of drug-likeness (QED) is 0.541. The van der Waals surface area contributed by atoms with Crippen LogP contribution in [-0.2, 0) is 14.3 Å². The number of ether oxygens (including phenoxy) is 2. The molecule has 0 heterocycles. The van der Waals surface area contributed by atoms with E-state index in [-0.39, 0.29) is 12.6 Å². The van der Waals surface area contributed by atoms with E-state index in [1.165, 1.54) is 20.0 Å². The van der Waals surface area contributed by atoms with Crippen LogP contribution in [0.2, 0.25) is 0 Å². The molecule has 0 saturated heterocycles. The third-order valence-corrected chi connectivity index (χ3v) is 1.50. The first-order chi connectivity index (χ1) is 4.83. The van der Waals surface area contributed by atoms with Crippen molar-refractivity contribution in [2.45, 2.75) is 12.8 Å². The third kappa shape index (κ3) is 2.82. The molecule has 0 N–H and O–H groups in total. The van der Waals surface area contributed by atoms with Gasteiger partial charge in [0.05, 0.1) is 13.7 Å². The number of methoxy groups -OCH3 is 1. The van der Waals surface area contributed by atoms with Crippen LogP contribution in [0.25, 0.3) is 0 Å². The Bertz CT molecular complexity index is 118. The minimum atomic E-state index is -0.291. The van der Waals surface area contributed by atoms with Crippen molar-refractivity contribution in [1.82, 2.24) is 0 Å². The third-order valence-electron chi connectivity index (χ3n) is 1.50. The standard InChI is InChI=1S/C7H12O3/c1-9-7(8)5-10-4-6-2-3-6/h6H,2-5H2,1H3. The molecule has 58 valence electrons. The van der Waals surface area contributed by atoms with Crippen LogP contribution in [-0.4, -0.2) is 26.3 Å². The van der Waals surface area contributed by atoms with Crippen LogP contribution in [0.5, 0.6) is 0 Å². The lowest BCUT2D eigenvalue weighted by Gasteiger charge is -1.99. The minimum absolute atomic E-state index is 0.104. The Morgan fingerprint density at radius 2 is 2.30 bits per heavy atom. The summed E-state index contributed by atoms with van der Waals surface area (Å²) < 4.78 is 9.42. The SMILES string of the molecule is COC(=O)COCC1CC1. The fourth-order valence-electron chi connectivity index (χ4n) is 0.652. The molecule has 0 radical (unpaired) electrons. The van der Waals surface area contributed by atoms with Crippen molar-refractivity contribution in [1.29, 1.82) is 0 Å². The van der Waals surface area contributed by atoms with Crippen molar-refractivity contribution in [3.05, 3.63) is 0 Å². The van der Waals surface area contributed by atoms with Gasteiger partial charge in [-0.05, 0) is 18.8 Å². The highest BCUT2D eigenvalue weighted by Crippen LogP contribution is 2.28. The number of hydrogen-bond donors (Lipinski definition) is 0. The van der Waals surface area contributed by atoms with E-state index in [4.69, 9.17) is 4.74 Å². The molecule has 0 aliphatic heterocycles. The maximum atomic E-state index is 10.5. The van der Waals surface area contributed by atoms with Gasteiger partial charge < -0.3 is 9.47 Å². The normalized spacial score (nSPS) is 16.9. The molecular formula is C7H12O3. The van der Waals surface area contributed by atoms with Crippen LogP contribution >= 0.6 is 0 Å². The molecule has 1 saturated carbocycles. The molecule has 0 unspecified atom stereocenters. The predicted molar refractivity (Wildman–Crippen MR) is 35.6 cm³/mol. The number of carbonyl (C=O) groups is 1. The topological polar surface area (TPSA) is 35.5 Å². The van der Waals surface area contributed by atoms with Gasteiger partial charge >= 0.3 is 5.97 Å². The largest absolute Gasteiger partial charge is 0.467 e. The van der Waals surface area contributed by atoms with Crippen molar-refractivity contribution in [2.24, 2.45) is 5.92 Å². The lowest BCUT2D eigenvalue weighted by atomic mass is 10.5. The van der Waals surface area contributed by atoms with E-state index in [0.29, 0.717) is 5.92 Å². The van der Waals surface area contributed by atoms with Crippen molar-refractivity contribution in [2.75, 3.05) is 20.3 Å². The Morgan fingerprint density at radius 3 is 2.80 bits per heavy atom. The smallest absolute Gasteiger partial charge is 0.331 e. The van der Waals surface area contributed by atoms with Gasteiger partial charge in [0.2, 0.25) is 0 Å². The van der Waals surface area contributed by atoms with Gasteiger partial charge in [-0.1, -0.05) is 0 Å². The van der Waals surface area contributed by atoms with Gasteiger partial charge in [0.15, 0.2) is 0 Å². The number of esters is 1. The Balaban J connectivity index is 1.88. The maximum Gasteiger partial charge on any atom is 0.331 e. The zero-order valence-corrected chi connectivity index (χ0v) is 6.13. The molecule has 0 amide bonds. The van der Waals surface area contributed by atoms with Gasteiger partial charge in [-0.15, -0.1) is 0 Å². The number of rotatable bonds is 4. The predicted octanol–water partition coefficient (Wildman–Crippen LogP) is 0.586. The Morgan fingerprint density at radius 1 is 1.60 bits per heavy atom. The van der Waals surface area contributed by atoms with Crippen LogP contribution in [0.15, 0.2) is 0 Å². The summed E-state index contributed by atoms with van der Waals surface area (Å²) in [6.07, 6.45) is 2.50. The Hall–Kier alpha value is -0.570. The van der Waals surface area contributed by atoms with Gasteiger partial charge in [-0.3, -0.25) is 0 Å². The highest BCUT2D eigenvalue weighted by molar-refractivity contribution is 5.70. The summed E-state index contributed by atoms with van der Waals surface area (Å²) in [7, 11) is 1.36. The monoisotopic (exact) mass is 144 g/mol. The summed E-state index contributed by atoms with van der Waals surface area (Å²) in [6.45, 7) is 0.822. The molecule has 0 atom stereocenters. The molecule has 1 aliphatic rings. The molecule has 3 heteroatoms. The molecule has 0 bridgehead atoms. The van der Waals surface area contributed by atoms with Crippen molar-refractivity contribution < 1.29 is 14.3 Å². The fraction of sp³-hybridized carbons (Fsp3) is 0.857. The van der Waals surface area contributed by atoms with Crippen LogP contribution in [0, 0.1) is 5.92 Å². The van der Waals surface area contributed by atoms with Crippen LogP contribution in [0.4, 0.5) is 0 Å². The summed E-state index contributed by atoms with van der Waals surface area (Å²) in [4.78, 5) is 10.5. The molecule has 10 heavy (non-hydrogen) atoms. The molecule has 1 aliphatic carbocycles. The van der Waals surface area contributed by atoms with Gasteiger partial charge in [0.1, 0.15) is 6.61 Å². The van der Waals surface area contributed by atoms with Crippen LogP contribution in [0.1, 0.15) is 12.8 Å². The zero-order chi connectivity index (χ0) is 7.40. The number of hydrogen-bond acceptors (Lipinski definition) is 3. The molecule has 3 nitrogen and oxygen atoms in total. The lowest BCUT2D eigenvalue weighted by Crippen LogP contribution is -2.11. The molecular weight excluding hydrogens is 132 g/mol.